The maximum absolute atomic E-state index is 6.11. The number of nitrogens with two attached hydrogens (primary N) is 1. The van der Waals surface area contributed by atoms with E-state index in [0.29, 0.717) is 18.4 Å². The third-order valence-corrected chi connectivity index (χ3v) is 4.14. The summed E-state index contributed by atoms with van der Waals surface area (Å²) in [5.41, 5.74) is 8.32. The van der Waals surface area contributed by atoms with E-state index in [0.717, 1.165) is 23.3 Å². The fraction of sp³-hybridized carbons (Fsp3) is 0.368. The molecule has 0 amide bonds. The van der Waals surface area contributed by atoms with Crippen molar-refractivity contribution < 1.29 is 0 Å². The summed E-state index contributed by atoms with van der Waals surface area (Å²) in [7, 11) is 2.04. The van der Waals surface area contributed by atoms with Crippen LogP contribution in [0.2, 0.25) is 0 Å². The van der Waals surface area contributed by atoms with Crippen LogP contribution in [0.4, 0.5) is 17.5 Å². The van der Waals surface area contributed by atoms with Gasteiger partial charge in [-0.15, -0.1) is 0 Å². The van der Waals surface area contributed by atoms with E-state index >= 15 is 0 Å². The van der Waals surface area contributed by atoms with Gasteiger partial charge in [-0.25, -0.2) is 4.98 Å². The van der Waals surface area contributed by atoms with Gasteiger partial charge in [0, 0.05) is 48.6 Å². The predicted molar refractivity (Wildman–Crippen MR) is 104 cm³/mol. The number of nitrogens with zero attached hydrogens (tertiary/aromatic N) is 3. The molecule has 0 saturated carbocycles. The summed E-state index contributed by atoms with van der Waals surface area (Å²) < 4.78 is 2.10. The fourth-order valence-electron chi connectivity index (χ4n) is 2.97. The highest BCUT2D eigenvalue weighted by Crippen LogP contribution is 2.26. The van der Waals surface area contributed by atoms with Gasteiger partial charge in [-0.2, -0.15) is 4.98 Å². The molecule has 1 atom stereocenters. The van der Waals surface area contributed by atoms with Crippen LogP contribution in [0.5, 0.6) is 0 Å². The zero-order valence-corrected chi connectivity index (χ0v) is 15.0. The molecule has 6 heteroatoms. The Morgan fingerprint density at radius 2 is 2.04 bits per heavy atom. The SMILES string of the molecule is CC(C)C[C@H](N)CNc1nccc(Nc2cccc3c2ccn3C)n1. The maximum Gasteiger partial charge on any atom is 0.224 e. The first kappa shape index (κ1) is 17.2. The van der Waals surface area contributed by atoms with E-state index in [4.69, 9.17) is 5.73 Å². The van der Waals surface area contributed by atoms with E-state index < -0.39 is 0 Å². The molecule has 0 aliphatic heterocycles. The Morgan fingerprint density at radius 3 is 2.84 bits per heavy atom. The van der Waals surface area contributed by atoms with Crippen LogP contribution < -0.4 is 16.4 Å². The number of hydrogen-bond acceptors (Lipinski definition) is 5. The Labute approximate surface area is 148 Å². The first-order chi connectivity index (χ1) is 12.0. The number of hydrogen-bond donors (Lipinski definition) is 3. The van der Waals surface area contributed by atoms with Crippen molar-refractivity contribution in [3.05, 3.63) is 42.7 Å². The second kappa shape index (κ2) is 7.53. The van der Waals surface area contributed by atoms with Crippen LogP contribution in [0.3, 0.4) is 0 Å². The molecule has 0 aliphatic carbocycles. The van der Waals surface area contributed by atoms with Gasteiger partial charge in [-0.05, 0) is 36.6 Å². The lowest BCUT2D eigenvalue weighted by Gasteiger charge is -2.15. The van der Waals surface area contributed by atoms with Crippen molar-refractivity contribution in [2.45, 2.75) is 26.3 Å². The van der Waals surface area contributed by atoms with Crippen LogP contribution in [0.15, 0.2) is 42.7 Å². The zero-order chi connectivity index (χ0) is 17.8. The van der Waals surface area contributed by atoms with Gasteiger partial charge < -0.3 is 20.9 Å². The average molecular weight is 338 g/mol. The van der Waals surface area contributed by atoms with E-state index in [1.54, 1.807) is 6.20 Å². The summed E-state index contributed by atoms with van der Waals surface area (Å²) >= 11 is 0. The highest BCUT2D eigenvalue weighted by atomic mass is 15.1. The van der Waals surface area contributed by atoms with Gasteiger partial charge in [0.25, 0.3) is 0 Å². The van der Waals surface area contributed by atoms with Gasteiger partial charge >= 0.3 is 0 Å². The molecule has 3 aromatic rings. The predicted octanol–water partition coefficient (Wildman–Crippen LogP) is 3.50. The third kappa shape index (κ3) is 4.28. The Morgan fingerprint density at radius 1 is 1.20 bits per heavy atom. The molecule has 132 valence electrons. The summed E-state index contributed by atoms with van der Waals surface area (Å²) in [6.45, 7) is 5.01. The molecule has 6 nitrogen and oxygen atoms in total. The Balaban J connectivity index is 1.71. The Kier molecular flexibility index (Phi) is 5.19. The minimum absolute atomic E-state index is 0.0956. The highest BCUT2D eigenvalue weighted by Gasteiger charge is 2.08. The number of rotatable bonds is 7. The number of fused-ring (bicyclic) bond motifs is 1. The number of nitrogens with one attached hydrogen (secondary N) is 2. The van der Waals surface area contributed by atoms with Gasteiger partial charge in [0.05, 0.1) is 0 Å². The maximum atomic E-state index is 6.11. The third-order valence-electron chi connectivity index (χ3n) is 4.14. The van der Waals surface area contributed by atoms with Gasteiger partial charge in [-0.3, -0.25) is 0 Å². The van der Waals surface area contributed by atoms with E-state index in [2.05, 4.69) is 63.4 Å². The van der Waals surface area contributed by atoms with Crippen LogP contribution in [0.1, 0.15) is 20.3 Å². The minimum atomic E-state index is 0.0956. The van der Waals surface area contributed by atoms with Gasteiger partial charge in [0.15, 0.2) is 0 Å². The van der Waals surface area contributed by atoms with Crippen molar-refractivity contribution in [1.82, 2.24) is 14.5 Å². The Hall–Kier alpha value is -2.60. The Bertz CT molecular complexity index is 839. The largest absolute Gasteiger partial charge is 0.353 e. The molecule has 25 heavy (non-hydrogen) atoms. The summed E-state index contributed by atoms with van der Waals surface area (Å²) in [6.07, 6.45) is 4.77. The van der Waals surface area contributed by atoms with E-state index in [1.165, 1.54) is 5.52 Å². The first-order valence-electron chi connectivity index (χ1n) is 8.66. The molecule has 1 aromatic carbocycles. The van der Waals surface area contributed by atoms with Gasteiger partial charge in [0.2, 0.25) is 5.95 Å². The molecule has 0 radical (unpaired) electrons. The van der Waals surface area contributed by atoms with Crippen molar-refractivity contribution >= 4 is 28.4 Å². The zero-order valence-electron chi connectivity index (χ0n) is 15.0. The molecule has 0 unspecified atom stereocenters. The van der Waals surface area contributed by atoms with Gasteiger partial charge in [0.1, 0.15) is 5.82 Å². The topological polar surface area (TPSA) is 80.8 Å². The monoisotopic (exact) mass is 338 g/mol. The van der Waals surface area contributed by atoms with Crippen molar-refractivity contribution in [3.8, 4) is 0 Å². The van der Waals surface area contributed by atoms with Gasteiger partial charge in [-0.1, -0.05) is 19.9 Å². The van der Waals surface area contributed by atoms with Crippen LogP contribution in [0.25, 0.3) is 10.9 Å². The lowest BCUT2D eigenvalue weighted by molar-refractivity contribution is 0.507. The summed E-state index contributed by atoms with van der Waals surface area (Å²) in [6, 6.07) is 10.2. The number of anilines is 3. The minimum Gasteiger partial charge on any atom is -0.353 e. The summed E-state index contributed by atoms with van der Waals surface area (Å²) in [5.74, 6) is 1.92. The molecular weight excluding hydrogens is 312 g/mol. The molecule has 0 aliphatic rings. The quantitative estimate of drug-likeness (QED) is 0.614. The van der Waals surface area contributed by atoms with E-state index in [-0.39, 0.29) is 6.04 Å². The molecule has 4 N–H and O–H groups in total. The number of aromatic nitrogens is 3. The molecule has 0 fully saturated rings. The number of benzene rings is 1. The van der Waals surface area contributed by atoms with Crippen molar-refractivity contribution in [2.24, 2.45) is 18.7 Å². The molecule has 2 heterocycles. The van der Waals surface area contributed by atoms with Crippen LogP contribution >= 0.6 is 0 Å². The van der Waals surface area contributed by atoms with E-state index in [1.807, 2.05) is 19.2 Å². The standard InChI is InChI=1S/C19H26N6/c1-13(2)11-14(20)12-22-19-21-9-7-18(24-19)23-16-5-4-6-17-15(16)8-10-25(17)3/h4-10,13-14H,11-12,20H2,1-3H3,(H2,21,22,23,24)/t14-/m0/s1. The summed E-state index contributed by atoms with van der Waals surface area (Å²) in [4.78, 5) is 8.81. The first-order valence-corrected chi connectivity index (χ1v) is 8.66. The second-order valence-corrected chi connectivity index (χ2v) is 6.83. The normalized spacial score (nSPS) is 12.5. The van der Waals surface area contributed by atoms with Crippen molar-refractivity contribution in [3.63, 3.8) is 0 Å². The fourth-order valence-corrected chi connectivity index (χ4v) is 2.97. The van der Waals surface area contributed by atoms with Crippen LogP contribution in [0, 0.1) is 5.92 Å². The second-order valence-electron chi connectivity index (χ2n) is 6.83. The lowest BCUT2D eigenvalue weighted by atomic mass is 10.0. The lowest BCUT2D eigenvalue weighted by Crippen LogP contribution is -2.30. The molecule has 3 rings (SSSR count). The van der Waals surface area contributed by atoms with Crippen molar-refractivity contribution in [2.75, 3.05) is 17.2 Å². The van der Waals surface area contributed by atoms with Crippen molar-refractivity contribution in [1.29, 1.82) is 0 Å². The number of aryl methyl sites for hydroxylation is 1. The summed E-state index contributed by atoms with van der Waals surface area (Å²) in [5, 5.41) is 7.77. The average Bonchev–Trinajstić information content (AvgIpc) is 2.95. The van der Waals surface area contributed by atoms with Crippen LogP contribution in [-0.4, -0.2) is 27.1 Å². The highest BCUT2D eigenvalue weighted by molar-refractivity contribution is 5.93. The molecule has 2 aromatic heterocycles. The molecular formula is C19H26N6. The molecule has 0 bridgehead atoms. The molecule has 0 saturated heterocycles. The molecule has 0 spiro atoms. The smallest absolute Gasteiger partial charge is 0.224 e. The van der Waals surface area contributed by atoms with Crippen LogP contribution in [-0.2, 0) is 7.05 Å². The van der Waals surface area contributed by atoms with E-state index in [9.17, 15) is 0 Å².